The first-order valence-corrected chi connectivity index (χ1v) is 8.86. The molecule has 1 rings (SSSR count). The third-order valence-corrected chi connectivity index (χ3v) is 3.66. The van der Waals surface area contributed by atoms with Crippen molar-refractivity contribution in [2.24, 2.45) is 5.73 Å². The quantitative estimate of drug-likeness (QED) is 0.477. The van der Waals surface area contributed by atoms with Crippen LogP contribution >= 0.6 is 0 Å². The normalized spacial score (nSPS) is 12.6. The summed E-state index contributed by atoms with van der Waals surface area (Å²) in [5.41, 5.74) is 6.84. The first kappa shape index (κ1) is 22.3. The molecule has 0 amide bonds. The van der Waals surface area contributed by atoms with Crippen LogP contribution < -0.4 is 5.73 Å². The van der Waals surface area contributed by atoms with E-state index in [1.165, 1.54) is 12.1 Å². The minimum atomic E-state index is -4.02. The minimum absolute atomic E-state index is 0.0666. The van der Waals surface area contributed by atoms with Crippen molar-refractivity contribution in [2.45, 2.75) is 57.6 Å². The van der Waals surface area contributed by atoms with Gasteiger partial charge in [0.05, 0.1) is 4.90 Å². The van der Waals surface area contributed by atoms with Gasteiger partial charge in [-0.05, 0) is 46.8 Å². The van der Waals surface area contributed by atoms with Crippen molar-refractivity contribution in [1.82, 2.24) is 0 Å². The second-order valence-electron chi connectivity index (χ2n) is 6.48. The fraction of sp³-hybridized carbons (Fsp3) is 0.471. The molecule has 0 saturated carbocycles. The molecule has 0 fully saturated rings. The lowest BCUT2D eigenvalue weighted by molar-refractivity contribution is -0.144. The Hall–Kier alpha value is -1.70. The zero-order valence-corrected chi connectivity index (χ0v) is 15.7. The molecule has 1 atom stereocenters. The first-order chi connectivity index (χ1) is 10.7. The number of rotatable bonds is 5. The highest BCUT2D eigenvalue weighted by molar-refractivity contribution is 7.85. The van der Waals surface area contributed by atoms with Gasteiger partial charge in [-0.3, -0.25) is 4.55 Å². The summed E-state index contributed by atoms with van der Waals surface area (Å²) in [5.74, 6) is -0.350. The average molecular weight is 357 g/mol. The molecule has 0 aliphatic rings. The number of ether oxygens (including phenoxy) is 1. The molecule has 0 bridgehead atoms. The number of nitrogens with two attached hydrogens (primary N) is 1. The maximum absolute atomic E-state index is 11.1. The summed E-state index contributed by atoms with van der Waals surface area (Å²) in [4.78, 5) is 11.0. The summed E-state index contributed by atoms with van der Waals surface area (Å²) >= 11 is 0. The van der Waals surface area contributed by atoms with Crippen LogP contribution in [0, 0.1) is 6.92 Å². The predicted molar refractivity (Wildman–Crippen MR) is 94.2 cm³/mol. The lowest BCUT2D eigenvalue weighted by atomic mass is 9.99. The van der Waals surface area contributed by atoms with E-state index in [1.807, 2.05) is 27.7 Å². The number of carbonyl (C=O) groups is 1. The Morgan fingerprint density at radius 3 is 2.12 bits per heavy atom. The van der Waals surface area contributed by atoms with Crippen LogP contribution in [0.1, 0.15) is 39.7 Å². The standard InChI is InChI=1S/C10H19NO2.C7H8O3S/c1-7(2)9(12)13-8(3)6-10(4,5)11;1-6-2-4-7(5-3-6)11(8,9)10/h8H,1,6,11H2,2-5H3;2-5H,1H3,(H,8,9,10). The van der Waals surface area contributed by atoms with Crippen LogP contribution in [0.4, 0.5) is 0 Å². The van der Waals surface area contributed by atoms with Gasteiger partial charge in [-0.2, -0.15) is 8.42 Å². The predicted octanol–water partition coefficient (Wildman–Crippen LogP) is 2.86. The van der Waals surface area contributed by atoms with E-state index in [0.717, 1.165) is 5.56 Å². The Morgan fingerprint density at radius 1 is 1.33 bits per heavy atom. The maximum Gasteiger partial charge on any atom is 0.333 e. The lowest BCUT2D eigenvalue weighted by Gasteiger charge is -2.23. The van der Waals surface area contributed by atoms with Crippen LogP contribution in [-0.4, -0.2) is 30.6 Å². The Bertz CT molecular complexity index is 657. The summed E-state index contributed by atoms with van der Waals surface area (Å²) in [7, 11) is -4.02. The molecule has 0 heterocycles. The van der Waals surface area contributed by atoms with E-state index in [0.29, 0.717) is 12.0 Å². The number of hydrogen-bond acceptors (Lipinski definition) is 5. The highest BCUT2D eigenvalue weighted by atomic mass is 32.2. The molecule has 0 aliphatic carbocycles. The molecular formula is C17H27NO5S. The van der Waals surface area contributed by atoms with Gasteiger partial charge in [-0.25, -0.2) is 4.79 Å². The number of esters is 1. The molecule has 1 aromatic rings. The summed E-state index contributed by atoms with van der Waals surface area (Å²) in [6.07, 6.45) is 0.482. The summed E-state index contributed by atoms with van der Waals surface area (Å²) in [5, 5.41) is 0. The van der Waals surface area contributed by atoms with Crippen LogP contribution in [0.3, 0.4) is 0 Å². The molecular weight excluding hydrogens is 330 g/mol. The Kier molecular flexibility index (Phi) is 8.32. The largest absolute Gasteiger partial charge is 0.459 e. The molecule has 0 saturated heterocycles. The monoisotopic (exact) mass is 357 g/mol. The third-order valence-electron chi connectivity index (χ3n) is 2.79. The van der Waals surface area contributed by atoms with Crippen LogP contribution in [-0.2, 0) is 19.6 Å². The maximum atomic E-state index is 11.1. The van der Waals surface area contributed by atoms with Gasteiger partial charge in [-0.15, -0.1) is 0 Å². The summed E-state index contributed by atoms with van der Waals surface area (Å²) in [6.45, 7) is 12.6. The van der Waals surface area contributed by atoms with Crippen molar-refractivity contribution in [3.63, 3.8) is 0 Å². The summed E-state index contributed by atoms with van der Waals surface area (Å²) in [6, 6.07) is 5.99. The van der Waals surface area contributed by atoms with Gasteiger partial charge in [0.1, 0.15) is 6.10 Å². The molecule has 24 heavy (non-hydrogen) atoms. The van der Waals surface area contributed by atoms with Crippen molar-refractivity contribution in [1.29, 1.82) is 0 Å². The molecule has 136 valence electrons. The first-order valence-electron chi connectivity index (χ1n) is 7.42. The van der Waals surface area contributed by atoms with Crippen molar-refractivity contribution < 1.29 is 22.5 Å². The number of benzene rings is 1. The van der Waals surface area contributed by atoms with Gasteiger partial charge in [0.15, 0.2) is 0 Å². The molecule has 0 spiro atoms. The number of carbonyl (C=O) groups excluding carboxylic acids is 1. The van der Waals surface area contributed by atoms with Gasteiger partial charge < -0.3 is 10.5 Å². The van der Waals surface area contributed by atoms with Crippen LogP contribution in [0.15, 0.2) is 41.3 Å². The zero-order chi connectivity index (χ0) is 19.1. The van der Waals surface area contributed by atoms with Gasteiger partial charge in [0.25, 0.3) is 10.1 Å². The highest BCUT2D eigenvalue weighted by Gasteiger charge is 2.18. The lowest BCUT2D eigenvalue weighted by Crippen LogP contribution is -2.36. The highest BCUT2D eigenvalue weighted by Crippen LogP contribution is 2.11. The van der Waals surface area contributed by atoms with Crippen LogP contribution in [0.25, 0.3) is 0 Å². The molecule has 1 unspecified atom stereocenters. The molecule has 0 aromatic heterocycles. The van der Waals surface area contributed by atoms with E-state index < -0.39 is 10.1 Å². The number of aryl methyl sites for hydroxylation is 1. The SMILES string of the molecule is C=C(C)C(=O)OC(C)CC(C)(C)N.Cc1ccc(S(=O)(=O)O)cc1. The van der Waals surface area contributed by atoms with Crippen molar-refractivity contribution >= 4 is 16.1 Å². The zero-order valence-electron chi connectivity index (χ0n) is 14.9. The average Bonchev–Trinajstić information content (AvgIpc) is 2.36. The Labute approximate surface area is 144 Å². The van der Waals surface area contributed by atoms with Crippen molar-refractivity contribution in [3.05, 3.63) is 42.0 Å². The van der Waals surface area contributed by atoms with Gasteiger partial charge in [0, 0.05) is 17.5 Å². The molecule has 1 aromatic carbocycles. The van der Waals surface area contributed by atoms with E-state index >= 15 is 0 Å². The van der Waals surface area contributed by atoms with Crippen molar-refractivity contribution in [3.8, 4) is 0 Å². The molecule has 3 N–H and O–H groups in total. The molecule has 6 nitrogen and oxygen atoms in total. The summed E-state index contributed by atoms with van der Waals surface area (Å²) < 4.78 is 34.6. The van der Waals surface area contributed by atoms with E-state index in [1.54, 1.807) is 19.1 Å². The van der Waals surface area contributed by atoms with Crippen LogP contribution in [0.2, 0.25) is 0 Å². The van der Waals surface area contributed by atoms with E-state index in [2.05, 4.69) is 6.58 Å². The fourth-order valence-corrected chi connectivity index (χ4v) is 2.26. The van der Waals surface area contributed by atoms with Crippen molar-refractivity contribution in [2.75, 3.05) is 0 Å². The van der Waals surface area contributed by atoms with Gasteiger partial charge in [0.2, 0.25) is 0 Å². The van der Waals surface area contributed by atoms with E-state index in [-0.39, 0.29) is 22.5 Å². The van der Waals surface area contributed by atoms with Gasteiger partial charge in [-0.1, -0.05) is 24.3 Å². The second kappa shape index (κ2) is 8.96. The Morgan fingerprint density at radius 2 is 1.79 bits per heavy atom. The smallest absolute Gasteiger partial charge is 0.333 e. The second-order valence-corrected chi connectivity index (χ2v) is 7.90. The molecule has 0 radical (unpaired) electrons. The van der Waals surface area contributed by atoms with Gasteiger partial charge >= 0.3 is 5.97 Å². The third kappa shape index (κ3) is 10.1. The number of hydrogen-bond donors (Lipinski definition) is 2. The van der Waals surface area contributed by atoms with Crippen LogP contribution in [0.5, 0.6) is 0 Å². The topological polar surface area (TPSA) is 107 Å². The molecule has 7 heteroatoms. The van der Waals surface area contributed by atoms with E-state index in [4.69, 9.17) is 15.0 Å². The molecule has 0 aliphatic heterocycles. The fourth-order valence-electron chi connectivity index (χ4n) is 1.78. The Balaban J connectivity index is 0.000000446. The van der Waals surface area contributed by atoms with E-state index in [9.17, 15) is 13.2 Å². The minimum Gasteiger partial charge on any atom is -0.459 e.